The van der Waals surface area contributed by atoms with Crippen LogP contribution < -0.4 is 5.32 Å². The maximum Gasteiger partial charge on any atom is 0.219 e. The third-order valence-electron chi connectivity index (χ3n) is 4.00. The number of nitrogens with one attached hydrogen (secondary N) is 1. The van der Waals surface area contributed by atoms with Gasteiger partial charge >= 0.3 is 0 Å². The van der Waals surface area contributed by atoms with Crippen molar-refractivity contribution in [1.29, 1.82) is 0 Å². The first-order valence-electron chi connectivity index (χ1n) is 9.23. The van der Waals surface area contributed by atoms with E-state index in [4.69, 9.17) is 0 Å². The number of amides is 1. The van der Waals surface area contributed by atoms with Crippen LogP contribution in [0.15, 0.2) is 0 Å². The lowest BCUT2D eigenvalue weighted by Crippen LogP contribution is -2.24. The van der Waals surface area contributed by atoms with Crippen LogP contribution in [0.2, 0.25) is 0 Å². The highest BCUT2D eigenvalue weighted by Crippen LogP contribution is 2.10. The highest BCUT2D eigenvalue weighted by molar-refractivity contribution is 5.80. The van der Waals surface area contributed by atoms with E-state index in [-0.39, 0.29) is 11.8 Å². The van der Waals surface area contributed by atoms with Crippen LogP contribution in [0.5, 0.6) is 0 Å². The van der Waals surface area contributed by atoms with Crippen LogP contribution in [0.4, 0.5) is 0 Å². The van der Waals surface area contributed by atoms with Crippen LogP contribution in [-0.2, 0) is 9.59 Å². The topological polar surface area (TPSA) is 46.2 Å². The van der Waals surface area contributed by atoms with Crippen LogP contribution in [0.1, 0.15) is 91.9 Å². The van der Waals surface area contributed by atoms with Crippen LogP contribution in [0.3, 0.4) is 0 Å². The van der Waals surface area contributed by atoms with Crippen molar-refractivity contribution in [3.05, 3.63) is 0 Å². The molecular formula is C19H37NO2. The van der Waals surface area contributed by atoms with E-state index in [2.05, 4.69) is 19.2 Å². The van der Waals surface area contributed by atoms with E-state index in [0.717, 1.165) is 31.7 Å². The zero-order valence-corrected chi connectivity index (χ0v) is 15.2. The minimum Gasteiger partial charge on any atom is -0.356 e. The lowest BCUT2D eigenvalue weighted by atomic mass is 10.0. The molecule has 1 N–H and O–H groups in total. The van der Waals surface area contributed by atoms with E-state index >= 15 is 0 Å². The molecule has 0 spiro atoms. The van der Waals surface area contributed by atoms with E-state index in [1.165, 1.54) is 32.1 Å². The predicted octanol–water partition coefficient (Wildman–Crippen LogP) is 4.88. The highest BCUT2D eigenvalue weighted by Gasteiger charge is 2.07. The van der Waals surface area contributed by atoms with E-state index in [1.54, 1.807) is 0 Å². The summed E-state index contributed by atoms with van der Waals surface area (Å²) in [5.74, 6) is 1.37. The van der Waals surface area contributed by atoms with Gasteiger partial charge in [0.2, 0.25) is 5.91 Å². The van der Waals surface area contributed by atoms with Gasteiger partial charge in [0, 0.05) is 25.3 Å². The third kappa shape index (κ3) is 14.1. The first-order chi connectivity index (χ1) is 10.4. The Balaban J connectivity index is 3.31. The summed E-state index contributed by atoms with van der Waals surface area (Å²) in [6.07, 6.45) is 10.4. The number of rotatable bonds is 14. The summed E-state index contributed by atoms with van der Waals surface area (Å²) in [5, 5.41) is 2.98. The molecule has 22 heavy (non-hydrogen) atoms. The Labute approximate surface area is 137 Å². The molecule has 0 aromatic carbocycles. The summed E-state index contributed by atoms with van der Waals surface area (Å²) in [6, 6.07) is 0. The van der Waals surface area contributed by atoms with Crippen molar-refractivity contribution in [2.45, 2.75) is 91.9 Å². The minimum absolute atomic E-state index is 0.120. The number of carbonyl (C=O) groups is 2. The van der Waals surface area contributed by atoms with Crippen LogP contribution in [0.25, 0.3) is 0 Å². The second kappa shape index (κ2) is 13.8. The summed E-state index contributed by atoms with van der Waals surface area (Å²) < 4.78 is 0. The van der Waals surface area contributed by atoms with Gasteiger partial charge in [0.15, 0.2) is 0 Å². The maximum absolute atomic E-state index is 11.6. The van der Waals surface area contributed by atoms with Gasteiger partial charge in [-0.2, -0.15) is 0 Å². The van der Waals surface area contributed by atoms with Crippen molar-refractivity contribution in [3.8, 4) is 0 Å². The molecule has 0 saturated heterocycles. The summed E-state index contributed by atoms with van der Waals surface area (Å²) in [4.78, 5) is 23.1. The summed E-state index contributed by atoms with van der Waals surface area (Å²) >= 11 is 0. The highest BCUT2D eigenvalue weighted by atomic mass is 16.1. The van der Waals surface area contributed by atoms with Crippen molar-refractivity contribution in [2.24, 2.45) is 11.8 Å². The SMILES string of the molecule is CC(C)CCCCCCCNC(=O)CCCCC(=O)C(C)C. The number of Topliss-reactive ketones (excluding diaryl/α,β-unsaturated/α-hetero) is 1. The Morgan fingerprint density at radius 2 is 1.36 bits per heavy atom. The molecule has 0 rings (SSSR count). The van der Waals surface area contributed by atoms with Crippen molar-refractivity contribution in [3.63, 3.8) is 0 Å². The molecule has 0 aliphatic rings. The van der Waals surface area contributed by atoms with Gasteiger partial charge in [-0.25, -0.2) is 0 Å². The second-order valence-corrected chi connectivity index (χ2v) is 7.13. The molecule has 130 valence electrons. The Morgan fingerprint density at radius 3 is 2.00 bits per heavy atom. The van der Waals surface area contributed by atoms with Gasteiger partial charge in [-0.15, -0.1) is 0 Å². The van der Waals surface area contributed by atoms with Gasteiger partial charge < -0.3 is 5.32 Å². The smallest absolute Gasteiger partial charge is 0.219 e. The van der Waals surface area contributed by atoms with E-state index in [0.29, 0.717) is 18.6 Å². The molecule has 1 amide bonds. The molecule has 0 unspecified atom stereocenters. The molecular weight excluding hydrogens is 274 g/mol. The molecule has 0 saturated carbocycles. The molecule has 0 aliphatic carbocycles. The molecule has 0 aliphatic heterocycles. The Kier molecular flexibility index (Phi) is 13.2. The zero-order chi connectivity index (χ0) is 16.8. The molecule has 0 heterocycles. The van der Waals surface area contributed by atoms with Crippen molar-refractivity contribution >= 4 is 11.7 Å². The number of carbonyl (C=O) groups excluding carboxylic acids is 2. The lowest BCUT2D eigenvalue weighted by molar-refractivity contribution is -0.123. The van der Waals surface area contributed by atoms with E-state index < -0.39 is 0 Å². The Hall–Kier alpha value is -0.860. The normalized spacial score (nSPS) is 11.2. The molecule has 0 bridgehead atoms. The fourth-order valence-electron chi connectivity index (χ4n) is 2.40. The van der Waals surface area contributed by atoms with Crippen molar-refractivity contribution in [2.75, 3.05) is 6.54 Å². The fourth-order valence-corrected chi connectivity index (χ4v) is 2.40. The van der Waals surface area contributed by atoms with Crippen molar-refractivity contribution in [1.82, 2.24) is 5.32 Å². The largest absolute Gasteiger partial charge is 0.356 e. The van der Waals surface area contributed by atoms with E-state index in [9.17, 15) is 9.59 Å². The summed E-state index contributed by atoms with van der Waals surface area (Å²) in [5.41, 5.74) is 0. The zero-order valence-electron chi connectivity index (χ0n) is 15.2. The second-order valence-electron chi connectivity index (χ2n) is 7.13. The van der Waals surface area contributed by atoms with Gasteiger partial charge in [-0.1, -0.05) is 59.8 Å². The third-order valence-corrected chi connectivity index (χ3v) is 4.00. The average molecular weight is 312 g/mol. The molecule has 0 radical (unpaired) electrons. The summed E-state index contributed by atoms with van der Waals surface area (Å²) in [7, 11) is 0. The van der Waals surface area contributed by atoms with E-state index in [1.807, 2.05) is 13.8 Å². The van der Waals surface area contributed by atoms with Gasteiger partial charge in [0.1, 0.15) is 5.78 Å². The van der Waals surface area contributed by atoms with Crippen molar-refractivity contribution < 1.29 is 9.59 Å². The van der Waals surface area contributed by atoms with Gasteiger partial charge in [-0.3, -0.25) is 9.59 Å². The fraction of sp³-hybridized carbons (Fsp3) is 0.895. The molecule has 3 nitrogen and oxygen atoms in total. The van der Waals surface area contributed by atoms with Crippen LogP contribution >= 0.6 is 0 Å². The molecule has 0 aromatic heterocycles. The van der Waals surface area contributed by atoms with Gasteiger partial charge in [-0.05, 0) is 25.2 Å². The quantitative estimate of drug-likeness (QED) is 0.464. The first kappa shape index (κ1) is 21.1. The number of hydrogen-bond donors (Lipinski definition) is 1. The Bertz CT molecular complexity index is 298. The lowest BCUT2D eigenvalue weighted by Gasteiger charge is -2.07. The van der Waals surface area contributed by atoms with Crippen LogP contribution in [-0.4, -0.2) is 18.2 Å². The number of ketones is 1. The summed E-state index contributed by atoms with van der Waals surface area (Å²) in [6.45, 7) is 9.20. The molecule has 3 heteroatoms. The average Bonchev–Trinajstić information content (AvgIpc) is 2.45. The molecule has 0 aromatic rings. The maximum atomic E-state index is 11.6. The molecule has 0 fully saturated rings. The van der Waals surface area contributed by atoms with Gasteiger partial charge in [0.25, 0.3) is 0 Å². The minimum atomic E-state index is 0.120. The number of hydrogen-bond acceptors (Lipinski definition) is 2. The molecule has 0 atom stereocenters. The monoisotopic (exact) mass is 311 g/mol. The standard InChI is InChI=1S/C19H37NO2/c1-16(2)12-8-6-5-7-11-15-20-19(22)14-10-9-13-18(21)17(3)4/h16-17H,5-15H2,1-4H3,(H,20,22). The predicted molar refractivity (Wildman–Crippen MR) is 93.9 cm³/mol. The Morgan fingerprint density at radius 1 is 0.773 bits per heavy atom. The van der Waals surface area contributed by atoms with Crippen LogP contribution in [0, 0.1) is 11.8 Å². The first-order valence-corrected chi connectivity index (χ1v) is 9.23. The number of unbranched alkanes of at least 4 members (excludes halogenated alkanes) is 5. The van der Waals surface area contributed by atoms with Gasteiger partial charge in [0.05, 0.1) is 0 Å².